The minimum atomic E-state index is -0.764. The van der Waals surface area contributed by atoms with Crippen molar-refractivity contribution in [3.63, 3.8) is 0 Å². The number of carbonyl (C=O) groups is 2. The number of likely N-dealkylation sites (N-methyl/N-ethyl adjacent to an activating group) is 2. The van der Waals surface area contributed by atoms with E-state index in [0.29, 0.717) is 11.3 Å². The van der Waals surface area contributed by atoms with Crippen molar-refractivity contribution in [2.24, 2.45) is 5.73 Å². The quantitative estimate of drug-likeness (QED) is 0.746. The SMILES string of the molecule is CN1CCCC(N(C)C(=O)c2ccc(NC(=O)C3(N)CCCCC3)cc2)C1.Cl.Cl. The van der Waals surface area contributed by atoms with Gasteiger partial charge >= 0.3 is 0 Å². The number of amides is 2. The average molecular weight is 445 g/mol. The molecule has 1 aromatic carbocycles. The van der Waals surface area contributed by atoms with Crippen LogP contribution < -0.4 is 11.1 Å². The van der Waals surface area contributed by atoms with Crippen LogP contribution >= 0.6 is 24.8 Å². The Labute approximate surface area is 186 Å². The average Bonchev–Trinajstić information content (AvgIpc) is 2.68. The van der Waals surface area contributed by atoms with E-state index in [9.17, 15) is 9.59 Å². The molecule has 0 bridgehead atoms. The first-order valence-corrected chi connectivity index (χ1v) is 10.1. The zero-order valence-corrected chi connectivity index (χ0v) is 19.0. The fourth-order valence-electron chi connectivity index (χ4n) is 4.19. The van der Waals surface area contributed by atoms with Crippen LogP contribution in [0, 0.1) is 0 Å². The van der Waals surface area contributed by atoms with Crippen molar-refractivity contribution in [1.82, 2.24) is 9.80 Å². The first-order chi connectivity index (χ1) is 12.9. The lowest BCUT2D eigenvalue weighted by Gasteiger charge is -2.36. The van der Waals surface area contributed by atoms with Gasteiger partial charge in [-0.15, -0.1) is 24.8 Å². The van der Waals surface area contributed by atoms with Crippen molar-refractivity contribution >= 4 is 42.3 Å². The molecule has 2 aliphatic rings. The molecule has 1 heterocycles. The third-order valence-corrected chi connectivity index (χ3v) is 6.06. The molecule has 0 radical (unpaired) electrons. The number of hydrogen-bond acceptors (Lipinski definition) is 4. The van der Waals surface area contributed by atoms with Crippen LogP contribution in [-0.4, -0.2) is 60.4 Å². The molecule has 164 valence electrons. The van der Waals surface area contributed by atoms with Gasteiger partial charge in [0.25, 0.3) is 5.91 Å². The molecule has 3 rings (SSSR count). The highest BCUT2D eigenvalue weighted by Gasteiger charge is 2.35. The summed E-state index contributed by atoms with van der Waals surface area (Å²) in [4.78, 5) is 29.4. The van der Waals surface area contributed by atoms with E-state index in [-0.39, 0.29) is 42.7 Å². The fraction of sp³-hybridized carbons (Fsp3) is 0.619. The van der Waals surface area contributed by atoms with Crippen molar-refractivity contribution in [3.8, 4) is 0 Å². The minimum absolute atomic E-state index is 0. The lowest BCUT2D eigenvalue weighted by Crippen LogP contribution is -2.52. The summed E-state index contributed by atoms with van der Waals surface area (Å²) >= 11 is 0. The van der Waals surface area contributed by atoms with E-state index >= 15 is 0 Å². The minimum Gasteiger partial charge on any atom is -0.337 e. The molecule has 2 fully saturated rings. The van der Waals surface area contributed by atoms with Crippen LogP contribution in [0.5, 0.6) is 0 Å². The monoisotopic (exact) mass is 444 g/mol. The highest BCUT2D eigenvalue weighted by Crippen LogP contribution is 2.27. The van der Waals surface area contributed by atoms with Gasteiger partial charge in [0.1, 0.15) is 0 Å². The third-order valence-electron chi connectivity index (χ3n) is 6.06. The number of hydrogen-bond donors (Lipinski definition) is 2. The highest BCUT2D eigenvalue weighted by atomic mass is 35.5. The molecule has 0 spiro atoms. The molecule has 1 unspecified atom stereocenters. The summed E-state index contributed by atoms with van der Waals surface area (Å²) < 4.78 is 0. The Kier molecular flexibility index (Phi) is 9.89. The molecule has 1 saturated carbocycles. The van der Waals surface area contributed by atoms with Gasteiger partial charge in [0.2, 0.25) is 5.91 Å². The van der Waals surface area contributed by atoms with Crippen molar-refractivity contribution in [2.45, 2.75) is 56.5 Å². The first kappa shape index (κ1) is 25.7. The second-order valence-corrected chi connectivity index (χ2v) is 8.22. The van der Waals surface area contributed by atoms with E-state index in [1.54, 1.807) is 24.3 Å². The molecule has 8 heteroatoms. The number of nitrogens with one attached hydrogen (secondary N) is 1. The Morgan fingerprint density at radius 3 is 2.31 bits per heavy atom. The van der Waals surface area contributed by atoms with Crippen molar-refractivity contribution in [3.05, 3.63) is 29.8 Å². The number of carbonyl (C=O) groups excluding carboxylic acids is 2. The first-order valence-electron chi connectivity index (χ1n) is 10.1. The molecule has 1 aliphatic heterocycles. The van der Waals surface area contributed by atoms with Crippen LogP contribution in [0.2, 0.25) is 0 Å². The fourth-order valence-corrected chi connectivity index (χ4v) is 4.19. The number of likely N-dealkylation sites (tertiary alicyclic amines) is 1. The number of piperidine rings is 1. The van der Waals surface area contributed by atoms with Gasteiger partial charge in [0.05, 0.1) is 5.54 Å². The molecule has 1 atom stereocenters. The molecule has 29 heavy (non-hydrogen) atoms. The van der Waals surface area contributed by atoms with E-state index in [2.05, 4.69) is 17.3 Å². The number of halogens is 2. The zero-order valence-electron chi connectivity index (χ0n) is 17.4. The van der Waals surface area contributed by atoms with Gasteiger partial charge in [-0.2, -0.15) is 0 Å². The number of nitrogens with two attached hydrogens (primary N) is 1. The summed E-state index contributed by atoms with van der Waals surface area (Å²) in [6.07, 6.45) is 6.77. The van der Waals surface area contributed by atoms with Gasteiger partial charge in [0.15, 0.2) is 0 Å². The Hall–Kier alpha value is -1.34. The standard InChI is InChI=1S/C21H32N4O2.2ClH/c1-24-14-6-7-18(15-24)25(2)19(26)16-8-10-17(11-9-16)23-20(27)21(22)12-4-3-5-13-21;;/h8-11,18H,3-7,12-15,22H2,1-2H3,(H,23,27);2*1H. The zero-order chi connectivity index (χ0) is 19.4. The maximum atomic E-state index is 12.8. The van der Waals surface area contributed by atoms with Crippen LogP contribution in [0.4, 0.5) is 5.69 Å². The molecule has 1 saturated heterocycles. The van der Waals surface area contributed by atoms with Crippen molar-refractivity contribution in [1.29, 1.82) is 0 Å². The second-order valence-electron chi connectivity index (χ2n) is 8.22. The normalized spacial score (nSPS) is 21.3. The van der Waals surface area contributed by atoms with Gasteiger partial charge in [-0.3, -0.25) is 9.59 Å². The summed E-state index contributed by atoms with van der Waals surface area (Å²) in [5.74, 6) is -0.0978. The topological polar surface area (TPSA) is 78.7 Å². The summed E-state index contributed by atoms with van der Waals surface area (Å²) in [5, 5.41) is 2.92. The summed E-state index contributed by atoms with van der Waals surface area (Å²) in [6.45, 7) is 2.00. The molecule has 0 aromatic heterocycles. The Bertz CT molecular complexity index is 678. The number of anilines is 1. The maximum absolute atomic E-state index is 12.8. The predicted molar refractivity (Wildman–Crippen MR) is 122 cm³/mol. The van der Waals surface area contributed by atoms with Gasteiger partial charge in [-0.25, -0.2) is 0 Å². The maximum Gasteiger partial charge on any atom is 0.253 e. The summed E-state index contributed by atoms with van der Waals surface area (Å²) in [7, 11) is 3.97. The van der Waals surface area contributed by atoms with E-state index in [1.807, 2.05) is 11.9 Å². The number of rotatable bonds is 4. The highest BCUT2D eigenvalue weighted by molar-refractivity contribution is 5.99. The molecule has 1 aromatic rings. The largest absolute Gasteiger partial charge is 0.337 e. The number of nitrogens with zero attached hydrogens (tertiary/aromatic N) is 2. The van der Waals surface area contributed by atoms with Gasteiger partial charge < -0.3 is 20.9 Å². The number of benzene rings is 1. The predicted octanol–water partition coefficient (Wildman–Crippen LogP) is 3.30. The van der Waals surface area contributed by atoms with E-state index in [4.69, 9.17) is 5.73 Å². The lowest BCUT2D eigenvalue weighted by atomic mass is 9.82. The Morgan fingerprint density at radius 2 is 1.72 bits per heavy atom. The molecular weight excluding hydrogens is 411 g/mol. The van der Waals surface area contributed by atoms with Gasteiger partial charge in [-0.1, -0.05) is 19.3 Å². The summed E-state index contributed by atoms with van der Waals surface area (Å²) in [6, 6.07) is 7.39. The van der Waals surface area contributed by atoms with E-state index in [0.717, 1.165) is 58.0 Å². The molecule has 6 nitrogen and oxygen atoms in total. The van der Waals surface area contributed by atoms with Gasteiger partial charge in [0, 0.05) is 30.9 Å². The van der Waals surface area contributed by atoms with E-state index < -0.39 is 5.54 Å². The second kappa shape index (κ2) is 11.2. The van der Waals surface area contributed by atoms with Crippen molar-refractivity contribution in [2.75, 3.05) is 32.5 Å². The third kappa shape index (κ3) is 6.32. The van der Waals surface area contributed by atoms with Crippen LogP contribution in [0.15, 0.2) is 24.3 Å². The Balaban J connectivity index is 0.00000210. The van der Waals surface area contributed by atoms with Gasteiger partial charge in [-0.05, 0) is 63.5 Å². The van der Waals surface area contributed by atoms with Crippen LogP contribution in [0.1, 0.15) is 55.3 Å². The Morgan fingerprint density at radius 1 is 1.10 bits per heavy atom. The van der Waals surface area contributed by atoms with Crippen LogP contribution in [-0.2, 0) is 4.79 Å². The molecular formula is C21H34Cl2N4O2. The van der Waals surface area contributed by atoms with Crippen LogP contribution in [0.25, 0.3) is 0 Å². The summed E-state index contributed by atoms with van der Waals surface area (Å²) in [5.41, 5.74) is 6.85. The molecule has 3 N–H and O–H groups in total. The van der Waals surface area contributed by atoms with E-state index in [1.165, 1.54) is 0 Å². The van der Waals surface area contributed by atoms with Crippen molar-refractivity contribution < 1.29 is 9.59 Å². The molecule has 2 amide bonds. The molecule has 1 aliphatic carbocycles. The van der Waals surface area contributed by atoms with Crippen LogP contribution in [0.3, 0.4) is 0 Å². The lowest BCUT2D eigenvalue weighted by molar-refractivity contribution is -0.122. The smallest absolute Gasteiger partial charge is 0.253 e.